The van der Waals surface area contributed by atoms with Crippen molar-refractivity contribution in [2.45, 2.75) is 32.9 Å². The van der Waals surface area contributed by atoms with Gasteiger partial charge in [-0.25, -0.2) is 4.98 Å². The highest BCUT2D eigenvalue weighted by Gasteiger charge is 2.22. The van der Waals surface area contributed by atoms with Gasteiger partial charge in [0.1, 0.15) is 5.01 Å². The Morgan fingerprint density at radius 1 is 1.26 bits per heavy atom. The molecule has 0 amide bonds. The Kier molecular flexibility index (Phi) is 3.29. The molecule has 2 aromatic rings. The van der Waals surface area contributed by atoms with E-state index in [1.54, 1.807) is 0 Å². The monoisotopic (exact) mass is 273 g/mol. The van der Waals surface area contributed by atoms with Crippen molar-refractivity contribution in [3.63, 3.8) is 0 Å². The molecule has 3 rings (SSSR count). The van der Waals surface area contributed by atoms with Crippen LogP contribution in [0.25, 0.3) is 10.6 Å². The van der Waals surface area contributed by atoms with Crippen molar-refractivity contribution in [1.29, 1.82) is 0 Å². The summed E-state index contributed by atoms with van der Waals surface area (Å²) in [7, 11) is 0. The molecule has 2 heterocycles. The maximum Gasteiger partial charge on any atom is 0.123 e. The lowest BCUT2D eigenvalue weighted by atomic mass is 10.1. The number of anilines is 1. The van der Waals surface area contributed by atoms with Crippen LogP contribution < -0.4 is 5.73 Å². The highest BCUT2D eigenvalue weighted by atomic mass is 32.1. The standard InChI is InChI=1S/C15H19N3S/c1-10(2)18-8-7-13-14(9-18)19-15(17-13)11-3-5-12(16)6-4-11/h3-6,10H,7-9,16H2,1-2H3. The molecule has 0 saturated carbocycles. The van der Waals surface area contributed by atoms with Gasteiger partial charge in [-0.2, -0.15) is 0 Å². The number of fused-ring (bicyclic) bond motifs is 1. The van der Waals surface area contributed by atoms with Crippen LogP contribution in [0.2, 0.25) is 0 Å². The molecule has 0 radical (unpaired) electrons. The van der Waals surface area contributed by atoms with E-state index in [0.717, 1.165) is 30.2 Å². The number of benzene rings is 1. The molecule has 0 saturated heterocycles. The fourth-order valence-electron chi connectivity index (χ4n) is 2.41. The Morgan fingerprint density at radius 3 is 2.68 bits per heavy atom. The Bertz CT molecular complexity index is 572. The Labute approximate surface area is 118 Å². The molecule has 100 valence electrons. The van der Waals surface area contributed by atoms with Crippen LogP contribution in [0.3, 0.4) is 0 Å². The summed E-state index contributed by atoms with van der Waals surface area (Å²) in [5, 5.41) is 1.12. The van der Waals surface area contributed by atoms with Gasteiger partial charge in [-0.15, -0.1) is 11.3 Å². The van der Waals surface area contributed by atoms with E-state index >= 15 is 0 Å². The number of nitrogens with two attached hydrogens (primary N) is 1. The first-order valence-electron chi connectivity index (χ1n) is 6.72. The van der Waals surface area contributed by atoms with E-state index in [0.29, 0.717) is 6.04 Å². The molecule has 4 heteroatoms. The smallest absolute Gasteiger partial charge is 0.123 e. The highest BCUT2D eigenvalue weighted by molar-refractivity contribution is 7.15. The van der Waals surface area contributed by atoms with Gasteiger partial charge in [0.25, 0.3) is 0 Å². The molecule has 0 unspecified atom stereocenters. The zero-order valence-electron chi connectivity index (χ0n) is 11.4. The van der Waals surface area contributed by atoms with Crippen LogP contribution in [0.4, 0.5) is 5.69 Å². The van der Waals surface area contributed by atoms with Gasteiger partial charge in [0, 0.05) is 41.7 Å². The van der Waals surface area contributed by atoms with Gasteiger partial charge in [0.15, 0.2) is 0 Å². The van der Waals surface area contributed by atoms with Gasteiger partial charge >= 0.3 is 0 Å². The van der Waals surface area contributed by atoms with E-state index in [4.69, 9.17) is 10.7 Å². The molecule has 1 aliphatic heterocycles. The molecular formula is C15H19N3S. The molecule has 0 bridgehead atoms. The van der Waals surface area contributed by atoms with Crippen LogP contribution in [0, 0.1) is 0 Å². The molecule has 0 aliphatic carbocycles. The number of rotatable bonds is 2. The Hall–Kier alpha value is -1.39. The third kappa shape index (κ3) is 2.51. The van der Waals surface area contributed by atoms with Crippen molar-refractivity contribution in [1.82, 2.24) is 9.88 Å². The minimum atomic E-state index is 0.607. The average molecular weight is 273 g/mol. The molecule has 0 atom stereocenters. The summed E-state index contributed by atoms with van der Waals surface area (Å²) in [5.41, 5.74) is 8.99. The van der Waals surface area contributed by atoms with Gasteiger partial charge in [-0.1, -0.05) is 0 Å². The van der Waals surface area contributed by atoms with Crippen molar-refractivity contribution in [3.05, 3.63) is 34.8 Å². The maximum atomic E-state index is 5.73. The summed E-state index contributed by atoms with van der Waals surface area (Å²) >= 11 is 1.82. The van der Waals surface area contributed by atoms with Crippen LogP contribution in [0.15, 0.2) is 24.3 Å². The van der Waals surface area contributed by atoms with Crippen molar-refractivity contribution >= 4 is 17.0 Å². The van der Waals surface area contributed by atoms with Crippen molar-refractivity contribution in [3.8, 4) is 10.6 Å². The number of hydrogen-bond donors (Lipinski definition) is 1. The lowest BCUT2D eigenvalue weighted by Gasteiger charge is -2.29. The van der Waals surface area contributed by atoms with Crippen molar-refractivity contribution in [2.75, 3.05) is 12.3 Å². The van der Waals surface area contributed by atoms with Crippen LogP contribution in [-0.4, -0.2) is 22.5 Å². The van der Waals surface area contributed by atoms with Crippen molar-refractivity contribution < 1.29 is 0 Å². The minimum Gasteiger partial charge on any atom is -0.399 e. The number of aromatic nitrogens is 1. The predicted molar refractivity (Wildman–Crippen MR) is 81.2 cm³/mol. The molecule has 0 fully saturated rings. The second kappa shape index (κ2) is 4.94. The molecule has 1 aromatic heterocycles. The summed E-state index contributed by atoms with van der Waals surface area (Å²) in [6.45, 7) is 6.68. The molecule has 0 spiro atoms. The third-order valence-corrected chi connectivity index (χ3v) is 4.78. The first kappa shape index (κ1) is 12.6. The second-order valence-electron chi connectivity index (χ2n) is 5.33. The van der Waals surface area contributed by atoms with Crippen LogP contribution in [0.1, 0.15) is 24.4 Å². The Morgan fingerprint density at radius 2 is 2.00 bits per heavy atom. The molecule has 1 aromatic carbocycles. The topological polar surface area (TPSA) is 42.2 Å². The summed E-state index contributed by atoms with van der Waals surface area (Å²) in [6.07, 6.45) is 1.07. The molecule has 2 N–H and O–H groups in total. The number of nitrogen functional groups attached to an aromatic ring is 1. The quantitative estimate of drug-likeness (QED) is 0.855. The van der Waals surface area contributed by atoms with Gasteiger partial charge in [0.2, 0.25) is 0 Å². The summed E-state index contributed by atoms with van der Waals surface area (Å²) < 4.78 is 0. The first-order valence-corrected chi connectivity index (χ1v) is 7.53. The fraction of sp³-hybridized carbons (Fsp3) is 0.400. The first-order chi connectivity index (χ1) is 9.13. The zero-order chi connectivity index (χ0) is 13.4. The van der Waals surface area contributed by atoms with E-state index in [1.165, 1.54) is 16.1 Å². The molecular weight excluding hydrogens is 254 g/mol. The predicted octanol–water partition coefficient (Wildman–Crippen LogP) is 3.16. The fourth-order valence-corrected chi connectivity index (χ4v) is 3.54. The van der Waals surface area contributed by atoms with E-state index < -0.39 is 0 Å². The summed E-state index contributed by atoms with van der Waals surface area (Å²) in [4.78, 5) is 8.73. The summed E-state index contributed by atoms with van der Waals surface area (Å²) in [6, 6.07) is 8.60. The number of thiazole rings is 1. The number of nitrogens with zero attached hydrogens (tertiary/aromatic N) is 2. The average Bonchev–Trinajstić information content (AvgIpc) is 2.82. The highest BCUT2D eigenvalue weighted by Crippen LogP contribution is 2.32. The van der Waals surface area contributed by atoms with Crippen LogP contribution >= 0.6 is 11.3 Å². The lowest BCUT2D eigenvalue weighted by Crippen LogP contribution is -2.35. The minimum absolute atomic E-state index is 0.607. The largest absolute Gasteiger partial charge is 0.399 e. The second-order valence-corrected chi connectivity index (χ2v) is 6.41. The van der Waals surface area contributed by atoms with Crippen LogP contribution in [-0.2, 0) is 13.0 Å². The van der Waals surface area contributed by atoms with Gasteiger partial charge < -0.3 is 5.73 Å². The summed E-state index contributed by atoms with van der Waals surface area (Å²) in [5.74, 6) is 0. The Balaban J connectivity index is 1.89. The zero-order valence-corrected chi connectivity index (χ0v) is 12.2. The van der Waals surface area contributed by atoms with Gasteiger partial charge in [-0.05, 0) is 38.1 Å². The van der Waals surface area contributed by atoms with Crippen LogP contribution in [0.5, 0.6) is 0 Å². The molecule has 3 nitrogen and oxygen atoms in total. The third-order valence-electron chi connectivity index (χ3n) is 3.65. The SMILES string of the molecule is CC(C)N1CCc2nc(-c3ccc(N)cc3)sc2C1. The number of hydrogen-bond acceptors (Lipinski definition) is 4. The van der Waals surface area contributed by atoms with E-state index in [1.807, 2.05) is 23.5 Å². The van der Waals surface area contributed by atoms with Gasteiger partial charge in [0.05, 0.1) is 5.69 Å². The van der Waals surface area contributed by atoms with E-state index in [2.05, 4.69) is 30.9 Å². The molecule has 1 aliphatic rings. The molecule has 19 heavy (non-hydrogen) atoms. The van der Waals surface area contributed by atoms with E-state index in [-0.39, 0.29) is 0 Å². The van der Waals surface area contributed by atoms with Crippen molar-refractivity contribution in [2.24, 2.45) is 0 Å². The van der Waals surface area contributed by atoms with E-state index in [9.17, 15) is 0 Å². The maximum absolute atomic E-state index is 5.73. The lowest BCUT2D eigenvalue weighted by molar-refractivity contribution is 0.205. The van der Waals surface area contributed by atoms with Gasteiger partial charge in [-0.3, -0.25) is 4.90 Å². The normalized spacial score (nSPS) is 15.7.